The summed E-state index contributed by atoms with van der Waals surface area (Å²) in [6.07, 6.45) is -4.54. The van der Waals surface area contributed by atoms with Crippen molar-refractivity contribution in [3.63, 3.8) is 0 Å². The molecule has 0 radical (unpaired) electrons. The van der Waals surface area contributed by atoms with Gasteiger partial charge in [-0.15, -0.1) is 0 Å². The van der Waals surface area contributed by atoms with Crippen molar-refractivity contribution < 1.29 is 57.2 Å². The second-order valence-electron chi connectivity index (χ2n) is 6.04. The smallest absolute Gasteiger partial charge is 0.416 e. The standard InChI is InChI=1S/C12H8IN2O4.C7H5F3O3S/c16-14(17)11-5-1-3-9(7-11)13-10-4-2-6-12(8-10)15(18)19;8-7(9,10)5-1-3-6(4-2-5)14(11,12)13/h1-8H;1-4H,(H,11,12,13)/q+1;/p-1. The van der Waals surface area contributed by atoms with Crippen LogP contribution in [0.15, 0.2) is 77.7 Å². The van der Waals surface area contributed by atoms with E-state index in [1.165, 1.54) is 24.3 Å². The summed E-state index contributed by atoms with van der Waals surface area (Å²) in [6.45, 7) is 0. The van der Waals surface area contributed by atoms with Crippen molar-refractivity contribution in [3.05, 3.63) is 106 Å². The van der Waals surface area contributed by atoms with E-state index in [4.69, 9.17) is 0 Å². The van der Waals surface area contributed by atoms with Gasteiger partial charge in [-0.25, -0.2) is 8.42 Å². The van der Waals surface area contributed by atoms with Crippen LogP contribution < -0.4 is 21.2 Å². The lowest BCUT2D eigenvalue weighted by Gasteiger charge is -2.09. The van der Waals surface area contributed by atoms with Gasteiger partial charge in [0, 0.05) is 12.1 Å². The number of nitro groups is 2. The molecule has 0 heterocycles. The van der Waals surface area contributed by atoms with Crippen LogP contribution in [-0.2, 0) is 16.3 Å². The molecule has 0 aliphatic carbocycles. The van der Waals surface area contributed by atoms with E-state index in [-0.39, 0.29) is 11.4 Å². The van der Waals surface area contributed by atoms with Crippen LogP contribution in [-0.4, -0.2) is 22.8 Å². The van der Waals surface area contributed by atoms with Crippen molar-refractivity contribution >= 4 is 21.5 Å². The molecule has 0 atom stereocenters. The molecule has 9 nitrogen and oxygen atoms in total. The molecule has 14 heteroatoms. The molecular weight excluding hydrogens is 584 g/mol. The maximum atomic E-state index is 12.0. The first-order chi connectivity index (χ1) is 15.3. The number of halogens is 4. The van der Waals surface area contributed by atoms with E-state index in [2.05, 4.69) is 0 Å². The highest BCUT2D eigenvalue weighted by Gasteiger charge is 2.30. The number of alkyl halides is 3. The van der Waals surface area contributed by atoms with Gasteiger partial charge in [-0.3, -0.25) is 20.2 Å². The summed E-state index contributed by atoms with van der Waals surface area (Å²) in [5.41, 5.74) is -0.907. The van der Waals surface area contributed by atoms with Crippen molar-refractivity contribution in [2.24, 2.45) is 0 Å². The maximum Gasteiger partial charge on any atom is 0.416 e. The van der Waals surface area contributed by atoms with Crippen LogP contribution in [0.25, 0.3) is 0 Å². The number of hydrogen-bond donors (Lipinski definition) is 0. The first-order valence-corrected chi connectivity index (χ1v) is 12.1. The van der Waals surface area contributed by atoms with Gasteiger partial charge in [0.1, 0.15) is 10.1 Å². The second-order valence-corrected chi connectivity index (χ2v) is 10.5. The summed E-state index contributed by atoms with van der Waals surface area (Å²) in [7, 11) is -4.68. The number of hydrogen-bond acceptors (Lipinski definition) is 7. The van der Waals surface area contributed by atoms with Gasteiger partial charge in [0.2, 0.25) is 7.14 Å². The molecule has 0 amide bonds. The van der Waals surface area contributed by atoms with Gasteiger partial charge < -0.3 is 4.55 Å². The summed E-state index contributed by atoms with van der Waals surface area (Å²) in [6, 6.07) is 15.1. The molecule has 0 N–H and O–H groups in total. The largest absolute Gasteiger partial charge is 0.744 e. The van der Waals surface area contributed by atoms with Crippen LogP contribution in [0.2, 0.25) is 0 Å². The molecule has 174 valence electrons. The third-order valence-corrected chi connectivity index (χ3v) is 7.16. The van der Waals surface area contributed by atoms with Crippen LogP contribution >= 0.6 is 0 Å². The Morgan fingerprint density at radius 1 is 0.758 bits per heavy atom. The highest BCUT2D eigenvalue weighted by atomic mass is 127. The molecule has 3 aromatic carbocycles. The Morgan fingerprint density at radius 2 is 1.18 bits per heavy atom. The minimum atomic E-state index is -4.68. The first-order valence-electron chi connectivity index (χ1n) is 8.54. The van der Waals surface area contributed by atoms with Crippen molar-refractivity contribution in [1.82, 2.24) is 0 Å². The Hall–Kier alpha value is -3.11. The van der Waals surface area contributed by atoms with E-state index in [1.807, 2.05) is 0 Å². The van der Waals surface area contributed by atoms with Crippen LogP contribution in [0.3, 0.4) is 0 Å². The van der Waals surface area contributed by atoms with Gasteiger partial charge in [0.25, 0.3) is 11.4 Å². The summed E-state index contributed by atoms with van der Waals surface area (Å²) >= 11 is -0.665. The van der Waals surface area contributed by atoms with Gasteiger partial charge in [-0.2, -0.15) is 13.2 Å². The minimum Gasteiger partial charge on any atom is -0.744 e. The molecular formula is C19H12F3IN2O7S. The van der Waals surface area contributed by atoms with E-state index in [1.54, 1.807) is 24.3 Å². The van der Waals surface area contributed by atoms with E-state index >= 15 is 0 Å². The number of nitrogens with zero attached hydrogens (tertiary/aromatic N) is 2. The second kappa shape index (κ2) is 10.7. The predicted octanol–water partition coefficient (Wildman–Crippen LogP) is 1.24. The van der Waals surface area contributed by atoms with Crippen LogP contribution in [0.1, 0.15) is 5.56 Å². The molecule has 0 saturated carbocycles. The normalized spacial score (nSPS) is 11.3. The molecule has 0 saturated heterocycles. The molecule has 3 rings (SSSR count). The van der Waals surface area contributed by atoms with Crippen molar-refractivity contribution in [2.45, 2.75) is 11.1 Å². The predicted molar refractivity (Wildman–Crippen MR) is 103 cm³/mol. The summed E-state index contributed by atoms with van der Waals surface area (Å²) in [5, 5.41) is 21.4. The average Bonchev–Trinajstić information content (AvgIpc) is 2.73. The maximum absolute atomic E-state index is 12.0. The zero-order valence-electron chi connectivity index (χ0n) is 16.1. The highest BCUT2D eigenvalue weighted by molar-refractivity contribution is 7.85. The van der Waals surface area contributed by atoms with Crippen LogP contribution in [0.4, 0.5) is 24.5 Å². The number of rotatable bonds is 5. The molecule has 0 aliphatic rings. The van der Waals surface area contributed by atoms with Gasteiger partial charge in [-0.05, 0) is 36.4 Å². The minimum absolute atomic E-state index is 0.0441. The fraction of sp³-hybridized carbons (Fsp3) is 0.0526. The number of non-ortho nitro benzene ring substituents is 2. The third kappa shape index (κ3) is 8.07. The SMILES string of the molecule is O=S(=O)([O-])c1ccc(C(F)(F)F)cc1.O=[N+]([O-])c1cccc([I+]c2cccc([N+](=O)[O-])c2)c1. The zero-order valence-corrected chi connectivity index (χ0v) is 19.1. The third-order valence-electron chi connectivity index (χ3n) is 3.73. The quantitative estimate of drug-likeness (QED) is 0.187. The average molecular weight is 596 g/mol. The molecule has 0 spiro atoms. The molecule has 0 fully saturated rings. The molecule has 33 heavy (non-hydrogen) atoms. The lowest BCUT2D eigenvalue weighted by Crippen LogP contribution is -3.61. The lowest BCUT2D eigenvalue weighted by molar-refractivity contribution is -0.598. The zero-order chi connectivity index (χ0) is 24.8. The molecule has 0 bridgehead atoms. The van der Waals surface area contributed by atoms with E-state index in [0.717, 1.165) is 7.14 Å². The Balaban J connectivity index is 0.000000245. The van der Waals surface area contributed by atoms with E-state index < -0.39 is 57.8 Å². The first kappa shape index (κ1) is 26.1. The van der Waals surface area contributed by atoms with E-state index in [9.17, 15) is 46.4 Å². The van der Waals surface area contributed by atoms with Crippen molar-refractivity contribution in [1.29, 1.82) is 0 Å². The summed E-state index contributed by atoms with van der Waals surface area (Å²) < 4.78 is 68.7. The van der Waals surface area contributed by atoms with E-state index in [0.29, 0.717) is 24.3 Å². The molecule has 0 aromatic heterocycles. The molecule has 3 aromatic rings. The monoisotopic (exact) mass is 596 g/mol. The molecule has 0 unspecified atom stereocenters. The fourth-order valence-electron chi connectivity index (χ4n) is 2.23. The Kier molecular flexibility index (Phi) is 8.45. The Bertz CT molecular complexity index is 1210. The van der Waals surface area contributed by atoms with Gasteiger partial charge in [0.05, 0.1) is 32.4 Å². The Morgan fingerprint density at radius 3 is 1.52 bits per heavy atom. The molecule has 0 aliphatic heterocycles. The van der Waals surface area contributed by atoms with Crippen LogP contribution in [0.5, 0.6) is 0 Å². The lowest BCUT2D eigenvalue weighted by atomic mass is 10.2. The number of nitro benzene ring substituents is 2. The Labute approximate surface area is 195 Å². The van der Waals surface area contributed by atoms with Crippen LogP contribution in [0, 0.1) is 27.4 Å². The van der Waals surface area contributed by atoms with Gasteiger partial charge >= 0.3 is 27.4 Å². The topological polar surface area (TPSA) is 143 Å². The highest BCUT2D eigenvalue weighted by Crippen LogP contribution is 2.29. The summed E-state index contributed by atoms with van der Waals surface area (Å²) in [5.74, 6) is 0. The fourth-order valence-corrected chi connectivity index (χ4v) is 5.15. The summed E-state index contributed by atoms with van der Waals surface area (Å²) in [4.78, 5) is 19.8. The van der Waals surface area contributed by atoms with Gasteiger partial charge in [0.15, 0.2) is 0 Å². The number of benzene rings is 3. The van der Waals surface area contributed by atoms with Crippen molar-refractivity contribution in [3.8, 4) is 0 Å². The van der Waals surface area contributed by atoms with Crippen molar-refractivity contribution in [2.75, 3.05) is 0 Å². The van der Waals surface area contributed by atoms with Gasteiger partial charge in [-0.1, -0.05) is 12.1 Å².